The van der Waals surface area contributed by atoms with Crippen molar-refractivity contribution in [2.24, 2.45) is 0 Å². The number of carbonyl (C=O) groups is 1. The molecule has 3 N–H and O–H groups in total. The van der Waals surface area contributed by atoms with Crippen LogP contribution in [0.3, 0.4) is 0 Å². The van der Waals surface area contributed by atoms with Crippen molar-refractivity contribution in [3.63, 3.8) is 0 Å². The summed E-state index contributed by atoms with van der Waals surface area (Å²) in [5.41, 5.74) is 6.06. The average molecular weight is 608 g/mol. The minimum Gasteiger partial charge on any atom is -0.478 e. The molecule has 1 aliphatic carbocycles. The van der Waals surface area contributed by atoms with Gasteiger partial charge in [-0.25, -0.2) is 9.78 Å². The van der Waals surface area contributed by atoms with Crippen LogP contribution in [-0.4, -0.2) is 55.4 Å². The van der Waals surface area contributed by atoms with Crippen molar-refractivity contribution < 1.29 is 9.90 Å². The number of nitrogens with one attached hydrogen (secondary N) is 2. The van der Waals surface area contributed by atoms with E-state index in [9.17, 15) is 9.90 Å². The Balaban J connectivity index is 1.33. The number of carboxylic acids is 1. The molecule has 1 fully saturated rings. The van der Waals surface area contributed by atoms with E-state index < -0.39 is 5.97 Å². The molecule has 0 bridgehead atoms. The van der Waals surface area contributed by atoms with E-state index >= 15 is 0 Å². The fraction of sp³-hybridized carbons (Fsp3) is 0.444. The van der Waals surface area contributed by atoms with Crippen LogP contribution in [0.2, 0.25) is 0 Å². The van der Waals surface area contributed by atoms with E-state index in [-0.39, 0.29) is 23.7 Å². The lowest BCUT2D eigenvalue weighted by molar-refractivity contribution is 0.0697. The Morgan fingerprint density at radius 1 is 0.956 bits per heavy atom. The van der Waals surface area contributed by atoms with Crippen molar-refractivity contribution in [3.8, 4) is 0 Å². The number of rotatable bonds is 11. The molecule has 0 radical (unpaired) electrons. The number of aromatic carboxylic acids is 1. The van der Waals surface area contributed by atoms with E-state index in [0.29, 0.717) is 11.9 Å². The number of benzene rings is 2. The Morgan fingerprint density at radius 2 is 1.71 bits per heavy atom. The summed E-state index contributed by atoms with van der Waals surface area (Å²) >= 11 is 0. The molecule has 3 heterocycles. The second-order valence-electron chi connectivity index (χ2n) is 12.9. The van der Waals surface area contributed by atoms with Crippen LogP contribution in [0.1, 0.15) is 109 Å². The highest BCUT2D eigenvalue weighted by Crippen LogP contribution is 2.37. The van der Waals surface area contributed by atoms with Gasteiger partial charge in [-0.1, -0.05) is 48.9 Å². The van der Waals surface area contributed by atoms with Crippen LogP contribution in [0.25, 0.3) is 0 Å². The fourth-order valence-electron chi connectivity index (χ4n) is 6.61. The summed E-state index contributed by atoms with van der Waals surface area (Å²) < 4.78 is 2.03. The summed E-state index contributed by atoms with van der Waals surface area (Å²) in [6.45, 7) is 9.47. The first-order chi connectivity index (χ1) is 21.8. The van der Waals surface area contributed by atoms with Gasteiger partial charge in [0, 0.05) is 29.9 Å². The molecule has 2 aliphatic rings. The minimum absolute atomic E-state index is 0.0283. The molecule has 4 aromatic rings. The molecule has 0 unspecified atom stereocenters. The first-order valence-electron chi connectivity index (χ1n) is 16.4. The van der Waals surface area contributed by atoms with E-state index in [4.69, 9.17) is 15.1 Å². The van der Waals surface area contributed by atoms with E-state index in [0.717, 1.165) is 56.0 Å². The first-order valence-corrected chi connectivity index (χ1v) is 16.4. The molecule has 6 rings (SSSR count). The van der Waals surface area contributed by atoms with Crippen molar-refractivity contribution >= 4 is 17.7 Å². The van der Waals surface area contributed by atoms with E-state index in [1.165, 1.54) is 36.0 Å². The van der Waals surface area contributed by atoms with E-state index in [1.54, 1.807) is 12.1 Å². The zero-order valence-electron chi connectivity index (χ0n) is 26.6. The van der Waals surface area contributed by atoms with Gasteiger partial charge < -0.3 is 20.6 Å². The normalized spacial score (nSPS) is 18.3. The average Bonchev–Trinajstić information content (AvgIpc) is 3.56. The molecular formula is C36H45N7O2. The molecule has 2 aromatic heterocycles. The van der Waals surface area contributed by atoms with Crippen molar-refractivity contribution in [3.05, 3.63) is 101 Å². The molecule has 0 saturated carbocycles. The van der Waals surface area contributed by atoms with Gasteiger partial charge in [0.25, 0.3) is 0 Å². The Kier molecular flexibility index (Phi) is 9.45. The molecule has 9 heteroatoms. The van der Waals surface area contributed by atoms with Gasteiger partial charge in [0.05, 0.1) is 29.5 Å². The predicted octanol–water partition coefficient (Wildman–Crippen LogP) is 7.04. The molecule has 45 heavy (non-hydrogen) atoms. The maximum Gasteiger partial charge on any atom is 0.335 e. The van der Waals surface area contributed by atoms with Crippen LogP contribution in [-0.2, 0) is 12.8 Å². The second-order valence-corrected chi connectivity index (χ2v) is 12.9. The van der Waals surface area contributed by atoms with Gasteiger partial charge in [-0.2, -0.15) is 10.1 Å². The summed E-state index contributed by atoms with van der Waals surface area (Å²) in [6, 6.07) is 18.0. The number of hydrogen-bond donors (Lipinski definition) is 3. The van der Waals surface area contributed by atoms with E-state index in [2.05, 4.69) is 72.8 Å². The highest BCUT2D eigenvalue weighted by atomic mass is 16.4. The Bertz CT molecular complexity index is 1580. The number of nitrogens with zero attached hydrogens (tertiary/aromatic N) is 5. The molecular weight excluding hydrogens is 562 g/mol. The largest absolute Gasteiger partial charge is 0.478 e. The summed E-state index contributed by atoms with van der Waals surface area (Å²) in [4.78, 5) is 24.1. The number of likely N-dealkylation sites (tertiary alicyclic amines) is 1. The molecule has 0 amide bonds. The van der Waals surface area contributed by atoms with Crippen LogP contribution < -0.4 is 10.6 Å². The highest BCUT2D eigenvalue weighted by Gasteiger charge is 2.28. The van der Waals surface area contributed by atoms with Crippen molar-refractivity contribution in [1.82, 2.24) is 24.6 Å². The monoisotopic (exact) mass is 607 g/mol. The number of aromatic nitrogens is 4. The van der Waals surface area contributed by atoms with Crippen LogP contribution in [0.5, 0.6) is 0 Å². The third-order valence-corrected chi connectivity index (χ3v) is 9.30. The lowest BCUT2D eigenvalue weighted by Crippen LogP contribution is -2.36. The Morgan fingerprint density at radius 3 is 2.40 bits per heavy atom. The number of aryl methyl sites for hydroxylation is 1. The lowest BCUT2D eigenvalue weighted by atomic mass is 9.82. The number of piperidine rings is 1. The molecule has 1 aliphatic heterocycles. The minimum atomic E-state index is -0.928. The lowest BCUT2D eigenvalue weighted by Gasteiger charge is -2.32. The summed E-state index contributed by atoms with van der Waals surface area (Å²) in [5, 5.41) is 21.4. The molecule has 0 spiro atoms. The first kappa shape index (κ1) is 30.8. The number of anilines is 2. The molecule has 1 saturated heterocycles. The van der Waals surface area contributed by atoms with Gasteiger partial charge in [-0.05, 0) is 95.1 Å². The van der Waals surface area contributed by atoms with Gasteiger partial charge in [0.1, 0.15) is 5.82 Å². The van der Waals surface area contributed by atoms with E-state index in [1.807, 2.05) is 23.0 Å². The van der Waals surface area contributed by atoms with Crippen molar-refractivity contribution in [2.45, 2.75) is 83.3 Å². The van der Waals surface area contributed by atoms with Crippen LogP contribution in [0, 0.1) is 0 Å². The number of carboxylic acid groups (broad SMARTS) is 1. The third kappa shape index (κ3) is 7.36. The maximum atomic E-state index is 11.4. The molecule has 2 aromatic carbocycles. The Hall–Kier alpha value is -4.24. The second kappa shape index (κ2) is 13.8. The van der Waals surface area contributed by atoms with Gasteiger partial charge in [0.2, 0.25) is 5.95 Å². The predicted molar refractivity (Wildman–Crippen MR) is 178 cm³/mol. The summed E-state index contributed by atoms with van der Waals surface area (Å²) in [7, 11) is 0. The van der Waals surface area contributed by atoms with Crippen LogP contribution in [0.4, 0.5) is 11.8 Å². The Labute approximate surface area is 266 Å². The van der Waals surface area contributed by atoms with Gasteiger partial charge in [-0.3, -0.25) is 4.68 Å². The molecule has 3 atom stereocenters. The van der Waals surface area contributed by atoms with Crippen LogP contribution >= 0.6 is 0 Å². The summed E-state index contributed by atoms with van der Waals surface area (Å²) in [6.07, 6.45) is 10.8. The van der Waals surface area contributed by atoms with Gasteiger partial charge in [0.15, 0.2) is 0 Å². The van der Waals surface area contributed by atoms with Crippen molar-refractivity contribution in [1.29, 1.82) is 0 Å². The summed E-state index contributed by atoms with van der Waals surface area (Å²) in [5.74, 6) is 0.954. The van der Waals surface area contributed by atoms with Crippen LogP contribution in [0.15, 0.2) is 67.0 Å². The highest BCUT2D eigenvalue weighted by molar-refractivity contribution is 5.87. The SMILES string of the molecule is CC(C)n1cc([C@H](CN2CCCCC2)Nc2nc(N[C@H](C)c3ccc(C(=O)O)cc3)nc3c2C[C@H](c2ccccc2)CC3)cn1. The van der Waals surface area contributed by atoms with Gasteiger partial charge >= 0.3 is 5.97 Å². The maximum absolute atomic E-state index is 11.4. The zero-order valence-corrected chi connectivity index (χ0v) is 26.6. The standard InChI is InChI=1S/C36H45N7O2/c1-24(2)43-22-30(21-37-43)33(23-42-18-8-5-9-19-42)39-34-31-20-29(27-10-6-4-7-11-27)16-17-32(31)40-36(41-34)38-25(3)26-12-14-28(15-13-26)35(44)45/h4,6-7,10-15,21-22,24-25,29,33H,5,8-9,16-20,23H2,1-3H3,(H,44,45)(H2,38,39,40,41)/t25-,29-,33+/m1/s1. The smallest absolute Gasteiger partial charge is 0.335 e. The molecule has 9 nitrogen and oxygen atoms in total. The fourth-order valence-corrected chi connectivity index (χ4v) is 6.61. The number of fused-ring (bicyclic) bond motifs is 1. The third-order valence-electron chi connectivity index (χ3n) is 9.30. The quantitative estimate of drug-likeness (QED) is 0.167. The van der Waals surface area contributed by atoms with Gasteiger partial charge in [-0.15, -0.1) is 0 Å². The zero-order chi connectivity index (χ0) is 31.3. The van der Waals surface area contributed by atoms with Crippen molar-refractivity contribution in [2.75, 3.05) is 30.3 Å². The number of hydrogen-bond acceptors (Lipinski definition) is 7. The molecule has 236 valence electrons. The topological polar surface area (TPSA) is 108 Å².